The third-order valence-corrected chi connectivity index (χ3v) is 8.33. The summed E-state index contributed by atoms with van der Waals surface area (Å²) in [6, 6.07) is 17.6. The minimum Gasteiger partial charge on any atom is -0.464 e. The predicted molar refractivity (Wildman–Crippen MR) is 194 cm³/mol. The summed E-state index contributed by atoms with van der Waals surface area (Å²) in [7, 11) is 0. The van der Waals surface area contributed by atoms with Crippen molar-refractivity contribution in [3.8, 4) is 22.5 Å². The molecule has 0 aliphatic heterocycles. The van der Waals surface area contributed by atoms with E-state index in [-0.39, 0.29) is 44.1 Å². The largest absolute Gasteiger partial charge is 0.464 e. The number of carbonyl (C=O) groups excluding carboxylic acids is 1. The topological polar surface area (TPSA) is 99.2 Å². The molecule has 0 radical (unpaired) electrons. The van der Waals surface area contributed by atoms with Gasteiger partial charge >= 0.3 is 24.5 Å². The van der Waals surface area contributed by atoms with Gasteiger partial charge in [0.15, 0.2) is 11.3 Å². The van der Waals surface area contributed by atoms with Gasteiger partial charge in [0, 0.05) is 21.9 Å². The zero-order valence-electron chi connectivity index (χ0n) is 29.5. The van der Waals surface area contributed by atoms with E-state index in [1.54, 1.807) is 32.9 Å². The second kappa shape index (κ2) is 14.3. The molecule has 0 amide bonds. The van der Waals surface area contributed by atoms with Gasteiger partial charge in [-0.25, -0.2) is 28.7 Å². The van der Waals surface area contributed by atoms with E-state index in [1.807, 2.05) is 20.8 Å². The molecule has 4 aromatic heterocycles. The number of nitrogens with zero attached hydrogens (tertiary/aromatic N) is 4. The molecule has 4 heterocycles. The molecule has 0 unspecified atom stereocenters. The Morgan fingerprint density at radius 2 is 1.19 bits per heavy atom. The number of benzene rings is 2. The van der Waals surface area contributed by atoms with Crippen LogP contribution in [0.1, 0.15) is 58.2 Å². The third-order valence-electron chi connectivity index (χ3n) is 7.91. The maximum atomic E-state index is 13.6. The lowest BCUT2D eigenvalue weighted by atomic mass is 9.83. The molecule has 284 valence electrons. The molecule has 6 rings (SSSR count). The first-order valence-electron chi connectivity index (χ1n) is 16.1. The number of carbonyl (C=O) groups is 2. The SMILES string of the molecule is CC(C)(C)OC(=O)n1c(-c2ccccc2C(F)(F)F)cc2ccc(Cl)nc21.CC(C)(C)c1c(-c2ccccc2C(F)(F)F)n(C(=O)O)c2nc(Cl)ccc12. The molecule has 2 aromatic carbocycles. The van der Waals surface area contributed by atoms with E-state index in [0.29, 0.717) is 16.3 Å². The highest BCUT2D eigenvalue weighted by Crippen LogP contribution is 2.45. The van der Waals surface area contributed by atoms with Gasteiger partial charge in [0.1, 0.15) is 15.9 Å². The lowest BCUT2D eigenvalue weighted by Gasteiger charge is -2.22. The number of hydrogen-bond acceptors (Lipinski definition) is 5. The van der Waals surface area contributed by atoms with E-state index in [4.69, 9.17) is 27.9 Å². The highest BCUT2D eigenvalue weighted by atomic mass is 35.5. The summed E-state index contributed by atoms with van der Waals surface area (Å²) in [5, 5.41) is 10.9. The molecule has 16 heteroatoms. The average molecular weight is 794 g/mol. The monoisotopic (exact) mass is 792 g/mol. The molecule has 0 aliphatic rings. The molecule has 0 spiro atoms. The molecule has 0 atom stereocenters. The average Bonchev–Trinajstić information content (AvgIpc) is 3.59. The molecule has 0 saturated carbocycles. The lowest BCUT2D eigenvalue weighted by molar-refractivity contribution is -0.137. The van der Waals surface area contributed by atoms with E-state index < -0.39 is 46.7 Å². The van der Waals surface area contributed by atoms with Crippen LogP contribution in [0.2, 0.25) is 10.3 Å². The van der Waals surface area contributed by atoms with Crippen molar-refractivity contribution in [2.75, 3.05) is 0 Å². The first kappa shape index (κ1) is 40.1. The molecule has 8 nitrogen and oxygen atoms in total. The summed E-state index contributed by atoms with van der Waals surface area (Å²) < 4.78 is 88.5. The molecular weight excluding hydrogens is 761 g/mol. The lowest BCUT2D eigenvalue weighted by Crippen LogP contribution is -2.27. The van der Waals surface area contributed by atoms with E-state index >= 15 is 0 Å². The summed E-state index contributed by atoms with van der Waals surface area (Å²) in [5.74, 6) is 0. The summed E-state index contributed by atoms with van der Waals surface area (Å²) in [4.78, 5) is 33.0. The highest BCUT2D eigenvalue weighted by Gasteiger charge is 2.38. The second-order valence-corrected chi connectivity index (χ2v) is 14.9. The van der Waals surface area contributed by atoms with Gasteiger partial charge in [-0.3, -0.25) is 0 Å². The summed E-state index contributed by atoms with van der Waals surface area (Å²) in [6.45, 7) is 10.4. The molecule has 0 fully saturated rings. The van der Waals surface area contributed by atoms with E-state index in [0.717, 1.165) is 21.3 Å². The Balaban J connectivity index is 0.000000208. The number of ether oxygens (including phenoxy) is 1. The Bertz CT molecular complexity index is 2400. The quantitative estimate of drug-likeness (QED) is 0.138. The summed E-state index contributed by atoms with van der Waals surface area (Å²) in [6.07, 6.45) is -11.5. The van der Waals surface area contributed by atoms with Crippen molar-refractivity contribution in [2.45, 2.75) is 64.9 Å². The summed E-state index contributed by atoms with van der Waals surface area (Å²) >= 11 is 11.9. The maximum Gasteiger partial charge on any atom is 0.420 e. The van der Waals surface area contributed by atoms with Crippen LogP contribution in [-0.4, -0.2) is 42.0 Å². The number of hydrogen-bond donors (Lipinski definition) is 1. The first-order valence-corrected chi connectivity index (χ1v) is 16.8. The van der Waals surface area contributed by atoms with Gasteiger partial charge in [-0.1, -0.05) is 80.4 Å². The zero-order chi connectivity index (χ0) is 40.1. The molecule has 0 aliphatic carbocycles. The normalized spacial score (nSPS) is 12.5. The third kappa shape index (κ3) is 8.19. The maximum absolute atomic E-state index is 13.6. The summed E-state index contributed by atoms with van der Waals surface area (Å²) in [5.41, 5.74) is -3.05. The number of rotatable bonds is 2. The number of aromatic nitrogens is 4. The fraction of sp³-hybridized carbons (Fsp3) is 0.263. The van der Waals surface area contributed by atoms with Gasteiger partial charge in [0.2, 0.25) is 0 Å². The number of halogens is 8. The van der Waals surface area contributed by atoms with E-state index in [2.05, 4.69) is 9.97 Å². The fourth-order valence-electron chi connectivity index (χ4n) is 5.97. The van der Waals surface area contributed by atoms with Crippen LogP contribution in [0.5, 0.6) is 0 Å². The van der Waals surface area contributed by atoms with Crippen molar-refractivity contribution < 1.29 is 45.8 Å². The number of carboxylic acid groups (broad SMARTS) is 1. The van der Waals surface area contributed by atoms with Gasteiger partial charge in [-0.2, -0.15) is 26.3 Å². The number of fused-ring (bicyclic) bond motifs is 2. The van der Waals surface area contributed by atoms with Crippen LogP contribution in [0.4, 0.5) is 35.9 Å². The van der Waals surface area contributed by atoms with Crippen LogP contribution in [0.25, 0.3) is 44.6 Å². The van der Waals surface area contributed by atoms with Gasteiger partial charge in [0.25, 0.3) is 0 Å². The van der Waals surface area contributed by atoms with Crippen LogP contribution in [0.15, 0.2) is 78.9 Å². The minimum absolute atomic E-state index is 0.00639. The molecule has 0 saturated heterocycles. The van der Waals surface area contributed by atoms with Gasteiger partial charge < -0.3 is 9.84 Å². The predicted octanol–water partition coefficient (Wildman–Crippen LogP) is 12.4. The van der Waals surface area contributed by atoms with Crippen molar-refractivity contribution in [1.29, 1.82) is 0 Å². The van der Waals surface area contributed by atoms with Crippen molar-refractivity contribution in [3.63, 3.8) is 0 Å². The van der Waals surface area contributed by atoms with Gasteiger partial charge in [-0.05, 0) is 74.2 Å². The van der Waals surface area contributed by atoms with Crippen LogP contribution in [0.3, 0.4) is 0 Å². The van der Waals surface area contributed by atoms with E-state index in [9.17, 15) is 41.0 Å². The van der Waals surface area contributed by atoms with Crippen molar-refractivity contribution in [2.24, 2.45) is 0 Å². The molecular formula is C38H32Cl2F6N4O4. The Hall–Kier alpha value is -5.08. The highest BCUT2D eigenvalue weighted by molar-refractivity contribution is 6.30. The Labute approximate surface area is 314 Å². The smallest absolute Gasteiger partial charge is 0.420 e. The van der Waals surface area contributed by atoms with Crippen molar-refractivity contribution in [1.82, 2.24) is 19.1 Å². The molecule has 1 N–H and O–H groups in total. The zero-order valence-corrected chi connectivity index (χ0v) is 31.0. The van der Waals surface area contributed by atoms with E-state index in [1.165, 1.54) is 54.6 Å². The van der Waals surface area contributed by atoms with Crippen LogP contribution < -0.4 is 0 Å². The molecule has 0 bridgehead atoms. The van der Waals surface area contributed by atoms with Gasteiger partial charge in [-0.15, -0.1) is 0 Å². The Morgan fingerprint density at radius 3 is 1.70 bits per heavy atom. The van der Waals surface area contributed by atoms with Crippen LogP contribution in [-0.2, 0) is 22.5 Å². The Kier molecular flexibility index (Phi) is 10.6. The first-order chi connectivity index (χ1) is 24.9. The standard InChI is InChI=1S/2C19H16ClF3N2O2/c1-18(2,3)27-17(26)25-14(10-11-8-9-15(20)24-16(11)25)12-6-4-5-7-13(12)19(21,22)23;1-18(2,3)14-11-8-9-13(20)24-16(11)25(17(26)27)15(14)10-6-4-5-7-12(10)19(21,22)23/h4-10H,1-3H3;4-9H,1-3H3,(H,26,27). The minimum atomic E-state index is -4.64. The fourth-order valence-corrected chi connectivity index (χ4v) is 6.26. The number of alkyl halides is 6. The van der Waals surface area contributed by atoms with Crippen LogP contribution >= 0.6 is 23.2 Å². The van der Waals surface area contributed by atoms with Crippen molar-refractivity contribution >= 4 is 57.5 Å². The second-order valence-electron chi connectivity index (χ2n) is 14.1. The molecule has 6 aromatic rings. The number of pyridine rings is 2. The van der Waals surface area contributed by atoms with Crippen molar-refractivity contribution in [3.05, 3.63) is 106 Å². The van der Waals surface area contributed by atoms with Gasteiger partial charge in [0.05, 0.1) is 22.5 Å². The molecule has 54 heavy (non-hydrogen) atoms. The van der Waals surface area contributed by atoms with Crippen LogP contribution in [0, 0.1) is 0 Å². The Morgan fingerprint density at radius 1 is 0.685 bits per heavy atom.